The summed E-state index contributed by atoms with van der Waals surface area (Å²) in [5.74, 6) is 1.15. The molecule has 0 fully saturated rings. The van der Waals surface area contributed by atoms with Gasteiger partial charge >= 0.3 is 0 Å². The van der Waals surface area contributed by atoms with Gasteiger partial charge in [0.15, 0.2) is 0 Å². The highest BCUT2D eigenvalue weighted by Crippen LogP contribution is 2.24. The standard InChI is InChI=1S/C15H23NO.C2H6.CH2O/c1-3-4-5-6-9-17-14-8-7-13-10-12(2)16-15(13)11-14;2*1-2/h10-11,16H,3-9H2,1-2H3;1-2H3;1H2. The summed E-state index contributed by atoms with van der Waals surface area (Å²) < 4.78 is 5.84. The minimum Gasteiger partial charge on any atom is -0.498 e. The van der Waals surface area contributed by atoms with Crippen molar-refractivity contribution in [3.05, 3.63) is 28.8 Å². The number of aryl methyl sites for hydroxylation is 2. The summed E-state index contributed by atoms with van der Waals surface area (Å²) in [5, 5.41) is 0. The SMILES string of the molecule is C=O.CC.CCCCCCOC1=Cc2[nH]c(C)cc2CC1. The van der Waals surface area contributed by atoms with Gasteiger partial charge in [-0.25, -0.2) is 0 Å². The Bertz CT molecular complexity index is 407. The van der Waals surface area contributed by atoms with E-state index in [1.54, 1.807) is 0 Å². The van der Waals surface area contributed by atoms with Crippen LogP contribution in [0.25, 0.3) is 6.08 Å². The van der Waals surface area contributed by atoms with E-state index >= 15 is 0 Å². The van der Waals surface area contributed by atoms with Crippen LogP contribution in [0.2, 0.25) is 0 Å². The van der Waals surface area contributed by atoms with Crippen LogP contribution >= 0.6 is 0 Å². The maximum Gasteiger partial charge on any atom is 0.106 e. The lowest BCUT2D eigenvalue weighted by Crippen LogP contribution is -2.02. The van der Waals surface area contributed by atoms with Gasteiger partial charge in [0.25, 0.3) is 0 Å². The number of aromatic nitrogens is 1. The molecule has 1 aromatic rings. The highest BCUT2D eigenvalue weighted by Gasteiger charge is 2.12. The van der Waals surface area contributed by atoms with Crippen molar-refractivity contribution >= 4 is 12.9 Å². The average molecular weight is 293 g/mol. The fraction of sp³-hybridized carbons (Fsp3) is 0.611. The molecule has 120 valence electrons. The number of fused-ring (bicyclic) bond motifs is 1. The summed E-state index contributed by atoms with van der Waals surface area (Å²) >= 11 is 0. The molecule has 1 aliphatic carbocycles. The molecule has 0 bridgehead atoms. The third-order valence-corrected chi connectivity index (χ3v) is 3.30. The number of hydrogen-bond acceptors (Lipinski definition) is 2. The summed E-state index contributed by atoms with van der Waals surface area (Å²) in [5.41, 5.74) is 3.92. The molecule has 0 spiro atoms. The first-order valence-corrected chi connectivity index (χ1v) is 8.10. The van der Waals surface area contributed by atoms with E-state index in [-0.39, 0.29) is 0 Å². The van der Waals surface area contributed by atoms with Gasteiger partial charge in [-0.1, -0.05) is 40.0 Å². The second kappa shape index (κ2) is 12.2. The fourth-order valence-electron chi connectivity index (χ4n) is 2.34. The quantitative estimate of drug-likeness (QED) is 0.746. The number of unbranched alkanes of at least 4 members (excludes halogenated alkanes) is 3. The Hall–Kier alpha value is -1.51. The van der Waals surface area contributed by atoms with Crippen molar-refractivity contribution < 1.29 is 9.53 Å². The van der Waals surface area contributed by atoms with Gasteiger partial charge in [0, 0.05) is 17.8 Å². The summed E-state index contributed by atoms with van der Waals surface area (Å²) in [4.78, 5) is 11.4. The van der Waals surface area contributed by atoms with Crippen LogP contribution in [-0.4, -0.2) is 18.4 Å². The van der Waals surface area contributed by atoms with Gasteiger partial charge in [-0.15, -0.1) is 0 Å². The minimum atomic E-state index is 0.876. The Labute approximate surface area is 129 Å². The van der Waals surface area contributed by atoms with Crippen molar-refractivity contribution in [2.75, 3.05) is 6.61 Å². The summed E-state index contributed by atoms with van der Waals surface area (Å²) in [7, 11) is 0. The van der Waals surface area contributed by atoms with Crippen LogP contribution in [-0.2, 0) is 16.0 Å². The Balaban J connectivity index is 0.000000921. The zero-order chi connectivity index (χ0) is 16.1. The number of aromatic amines is 1. The zero-order valence-electron chi connectivity index (χ0n) is 14.1. The molecule has 1 N–H and O–H groups in total. The van der Waals surface area contributed by atoms with E-state index < -0.39 is 0 Å². The maximum absolute atomic E-state index is 8.00. The summed E-state index contributed by atoms with van der Waals surface area (Å²) in [6.07, 6.45) is 9.42. The molecular weight excluding hydrogens is 262 g/mol. The molecule has 2 rings (SSSR count). The van der Waals surface area contributed by atoms with E-state index in [0.717, 1.165) is 25.2 Å². The zero-order valence-corrected chi connectivity index (χ0v) is 14.1. The van der Waals surface area contributed by atoms with Gasteiger partial charge in [0.1, 0.15) is 6.79 Å². The predicted octanol–water partition coefficient (Wildman–Crippen LogP) is 5.05. The monoisotopic (exact) mass is 293 g/mol. The third kappa shape index (κ3) is 7.16. The van der Waals surface area contributed by atoms with Crippen molar-refractivity contribution in [2.24, 2.45) is 0 Å². The normalized spacial score (nSPS) is 12.1. The summed E-state index contributed by atoms with van der Waals surface area (Å²) in [6.45, 7) is 11.2. The largest absolute Gasteiger partial charge is 0.498 e. The lowest BCUT2D eigenvalue weighted by molar-refractivity contribution is -0.0979. The van der Waals surface area contributed by atoms with Crippen molar-refractivity contribution in [3.63, 3.8) is 0 Å². The van der Waals surface area contributed by atoms with E-state index in [1.165, 1.54) is 42.6 Å². The lowest BCUT2D eigenvalue weighted by atomic mass is 10.0. The van der Waals surface area contributed by atoms with Crippen LogP contribution in [0.1, 0.15) is 69.8 Å². The highest BCUT2D eigenvalue weighted by atomic mass is 16.5. The molecule has 21 heavy (non-hydrogen) atoms. The van der Waals surface area contributed by atoms with E-state index in [2.05, 4.69) is 31.0 Å². The molecule has 0 saturated carbocycles. The van der Waals surface area contributed by atoms with E-state index in [0.29, 0.717) is 0 Å². The van der Waals surface area contributed by atoms with E-state index in [9.17, 15) is 0 Å². The van der Waals surface area contributed by atoms with Crippen LogP contribution in [0, 0.1) is 6.92 Å². The lowest BCUT2D eigenvalue weighted by Gasteiger charge is -2.14. The van der Waals surface area contributed by atoms with Gasteiger partial charge in [0.05, 0.1) is 12.4 Å². The second-order valence-corrected chi connectivity index (χ2v) is 4.91. The molecule has 0 atom stereocenters. The topological polar surface area (TPSA) is 42.1 Å². The van der Waals surface area contributed by atoms with Crippen LogP contribution in [0.5, 0.6) is 0 Å². The Morgan fingerprint density at radius 2 is 1.90 bits per heavy atom. The molecule has 3 nitrogen and oxygen atoms in total. The van der Waals surface area contributed by atoms with Crippen LogP contribution in [0.15, 0.2) is 11.8 Å². The number of carbonyl (C=O) groups is 1. The number of carbonyl (C=O) groups excluding carboxylic acids is 1. The smallest absolute Gasteiger partial charge is 0.106 e. The van der Waals surface area contributed by atoms with Gasteiger partial charge in [-0.2, -0.15) is 0 Å². The molecule has 1 heterocycles. The molecule has 1 aliphatic rings. The molecule has 0 saturated heterocycles. The molecule has 0 radical (unpaired) electrons. The fourth-order valence-corrected chi connectivity index (χ4v) is 2.34. The van der Waals surface area contributed by atoms with Gasteiger partial charge in [-0.3, -0.25) is 0 Å². The molecular formula is C18H31NO2. The number of ether oxygens (including phenoxy) is 1. The number of hydrogen-bond donors (Lipinski definition) is 1. The van der Waals surface area contributed by atoms with Crippen molar-refractivity contribution in [2.45, 2.75) is 66.2 Å². The first-order valence-electron chi connectivity index (χ1n) is 8.10. The Morgan fingerprint density at radius 1 is 1.19 bits per heavy atom. The minimum absolute atomic E-state index is 0.876. The number of nitrogens with one attached hydrogen (secondary N) is 1. The van der Waals surface area contributed by atoms with Gasteiger partial charge in [-0.05, 0) is 37.5 Å². The van der Waals surface area contributed by atoms with Crippen molar-refractivity contribution in [1.82, 2.24) is 4.98 Å². The van der Waals surface area contributed by atoms with Gasteiger partial charge < -0.3 is 14.5 Å². The average Bonchev–Trinajstić information content (AvgIpc) is 2.90. The molecule has 0 unspecified atom stereocenters. The molecule has 0 amide bonds. The van der Waals surface area contributed by atoms with E-state index in [1.807, 2.05) is 20.6 Å². The Kier molecular flexibility index (Phi) is 11.4. The molecule has 0 aliphatic heterocycles. The van der Waals surface area contributed by atoms with Gasteiger partial charge in [0.2, 0.25) is 0 Å². The van der Waals surface area contributed by atoms with Crippen LogP contribution < -0.4 is 0 Å². The Morgan fingerprint density at radius 3 is 2.57 bits per heavy atom. The molecule has 0 aromatic carbocycles. The van der Waals surface area contributed by atoms with Crippen LogP contribution in [0.4, 0.5) is 0 Å². The van der Waals surface area contributed by atoms with Crippen molar-refractivity contribution in [3.8, 4) is 0 Å². The van der Waals surface area contributed by atoms with Crippen LogP contribution in [0.3, 0.4) is 0 Å². The number of allylic oxidation sites excluding steroid dienone is 1. The molecule has 3 heteroatoms. The number of H-pyrrole nitrogens is 1. The summed E-state index contributed by atoms with van der Waals surface area (Å²) in [6, 6.07) is 2.24. The maximum atomic E-state index is 8.00. The third-order valence-electron chi connectivity index (χ3n) is 3.30. The second-order valence-electron chi connectivity index (χ2n) is 4.91. The number of rotatable bonds is 6. The first kappa shape index (κ1) is 19.5. The first-order chi connectivity index (χ1) is 10.3. The highest BCUT2D eigenvalue weighted by molar-refractivity contribution is 5.55. The van der Waals surface area contributed by atoms with Crippen molar-refractivity contribution in [1.29, 1.82) is 0 Å². The predicted molar refractivity (Wildman–Crippen MR) is 90.4 cm³/mol. The molecule has 1 aromatic heterocycles. The van der Waals surface area contributed by atoms with E-state index in [4.69, 9.17) is 9.53 Å².